The molecule has 0 aromatic heterocycles. The van der Waals surface area contributed by atoms with E-state index in [-0.39, 0.29) is 4.95 Å². The summed E-state index contributed by atoms with van der Waals surface area (Å²) >= 11 is 3.30. The van der Waals surface area contributed by atoms with Crippen LogP contribution in [-0.2, 0) is 0 Å². The second kappa shape index (κ2) is 2.22. The van der Waals surface area contributed by atoms with Crippen molar-refractivity contribution in [1.82, 2.24) is 5.32 Å². The van der Waals surface area contributed by atoms with Gasteiger partial charge in [-0.05, 0) is 18.4 Å². The molecule has 0 spiro atoms. The first-order valence-electron chi connectivity index (χ1n) is 2.33. The Balaban J connectivity index is 2.66. The van der Waals surface area contributed by atoms with Gasteiger partial charge in [0, 0.05) is 5.70 Å². The fourth-order valence-electron chi connectivity index (χ4n) is 0.480. The van der Waals surface area contributed by atoms with E-state index >= 15 is 0 Å². The minimum atomic E-state index is 0.118. The Bertz CT molecular complexity index is 139. The standard InChI is InChI=1S/C5H7BrN2/c6-5-4(7)2-1-3-8-5/h1-3,5,8H,7H2. The van der Waals surface area contributed by atoms with Crippen molar-refractivity contribution in [2.75, 3.05) is 0 Å². The third-order valence-electron chi connectivity index (χ3n) is 0.920. The maximum absolute atomic E-state index is 5.48. The molecule has 0 saturated carbocycles. The van der Waals surface area contributed by atoms with Crippen molar-refractivity contribution < 1.29 is 0 Å². The molecule has 1 rings (SSSR count). The molecule has 3 N–H and O–H groups in total. The number of allylic oxidation sites excluding steroid dienone is 2. The number of hydrogen-bond donors (Lipinski definition) is 2. The van der Waals surface area contributed by atoms with E-state index in [1.54, 1.807) is 0 Å². The van der Waals surface area contributed by atoms with E-state index in [1.165, 1.54) is 0 Å². The summed E-state index contributed by atoms with van der Waals surface area (Å²) in [4.78, 5) is 0.118. The van der Waals surface area contributed by atoms with E-state index in [4.69, 9.17) is 5.73 Å². The average molecular weight is 175 g/mol. The first-order valence-corrected chi connectivity index (χ1v) is 3.24. The molecule has 0 saturated heterocycles. The predicted octanol–water partition coefficient (Wildman–Crippen LogP) is 0.667. The van der Waals surface area contributed by atoms with Gasteiger partial charge in [0.2, 0.25) is 0 Å². The van der Waals surface area contributed by atoms with Crippen molar-refractivity contribution >= 4 is 15.9 Å². The number of rotatable bonds is 0. The Morgan fingerprint density at radius 1 is 1.75 bits per heavy atom. The maximum atomic E-state index is 5.48. The SMILES string of the molecule is NC1=CC=CNC1Br. The molecular formula is C5H7BrN2. The van der Waals surface area contributed by atoms with E-state index in [0.29, 0.717) is 0 Å². The largest absolute Gasteiger partial charge is 0.400 e. The normalized spacial score (nSPS) is 26.6. The van der Waals surface area contributed by atoms with Crippen LogP contribution in [0.4, 0.5) is 0 Å². The third kappa shape index (κ3) is 1.04. The fraction of sp³-hybridized carbons (Fsp3) is 0.200. The first kappa shape index (κ1) is 5.69. The molecule has 1 atom stereocenters. The zero-order chi connectivity index (χ0) is 5.98. The second-order valence-corrected chi connectivity index (χ2v) is 2.47. The van der Waals surface area contributed by atoms with Gasteiger partial charge in [0.1, 0.15) is 4.95 Å². The van der Waals surface area contributed by atoms with Crippen LogP contribution in [0.5, 0.6) is 0 Å². The van der Waals surface area contributed by atoms with Gasteiger partial charge in [-0.15, -0.1) is 0 Å². The predicted molar refractivity (Wildman–Crippen MR) is 37.3 cm³/mol. The lowest BCUT2D eigenvalue weighted by molar-refractivity contribution is 0.864. The van der Waals surface area contributed by atoms with Gasteiger partial charge in [-0.3, -0.25) is 0 Å². The van der Waals surface area contributed by atoms with E-state index < -0.39 is 0 Å². The number of alkyl halides is 1. The molecule has 1 aliphatic heterocycles. The van der Waals surface area contributed by atoms with Crippen molar-refractivity contribution in [2.24, 2.45) is 5.73 Å². The first-order chi connectivity index (χ1) is 3.80. The van der Waals surface area contributed by atoms with Crippen LogP contribution >= 0.6 is 15.9 Å². The van der Waals surface area contributed by atoms with Crippen molar-refractivity contribution in [3.8, 4) is 0 Å². The third-order valence-corrected chi connectivity index (χ3v) is 1.71. The van der Waals surface area contributed by atoms with Crippen LogP contribution in [0.2, 0.25) is 0 Å². The van der Waals surface area contributed by atoms with Crippen molar-refractivity contribution in [3.63, 3.8) is 0 Å². The minimum Gasteiger partial charge on any atom is -0.400 e. The molecule has 3 heteroatoms. The van der Waals surface area contributed by atoms with Gasteiger partial charge < -0.3 is 11.1 Å². The van der Waals surface area contributed by atoms with Crippen molar-refractivity contribution in [2.45, 2.75) is 4.95 Å². The van der Waals surface area contributed by atoms with Crippen LogP contribution in [0.1, 0.15) is 0 Å². The summed E-state index contributed by atoms with van der Waals surface area (Å²) in [6, 6.07) is 0. The Kier molecular flexibility index (Phi) is 1.58. The van der Waals surface area contributed by atoms with Crippen LogP contribution in [0.15, 0.2) is 24.0 Å². The Labute approximate surface area is 56.6 Å². The molecule has 1 heterocycles. The molecular weight excluding hydrogens is 168 g/mol. The number of dihydropyridines is 1. The van der Waals surface area contributed by atoms with E-state index in [2.05, 4.69) is 21.2 Å². The maximum Gasteiger partial charge on any atom is 0.121 e. The molecule has 0 aliphatic carbocycles. The highest BCUT2D eigenvalue weighted by atomic mass is 79.9. The van der Waals surface area contributed by atoms with Crippen LogP contribution < -0.4 is 11.1 Å². The topological polar surface area (TPSA) is 38.0 Å². The summed E-state index contributed by atoms with van der Waals surface area (Å²) in [5, 5.41) is 2.97. The molecule has 0 fully saturated rings. The van der Waals surface area contributed by atoms with Gasteiger partial charge in [0.25, 0.3) is 0 Å². The van der Waals surface area contributed by atoms with Gasteiger partial charge >= 0.3 is 0 Å². The molecule has 0 aromatic carbocycles. The van der Waals surface area contributed by atoms with Crippen LogP contribution in [-0.4, -0.2) is 4.95 Å². The average Bonchev–Trinajstić information content (AvgIpc) is 1.77. The Morgan fingerprint density at radius 2 is 2.50 bits per heavy atom. The highest BCUT2D eigenvalue weighted by molar-refractivity contribution is 9.09. The summed E-state index contributed by atoms with van der Waals surface area (Å²) in [5.74, 6) is 0. The van der Waals surface area contributed by atoms with Crippen LogP contribution in [0.25, 0.3) is 0 Å². The number of nitrogens with two attached hydrogens (primary N) is 1. The Hall–Kier alpha value is -0.440. The molecule has 0 bridgehead atoms. The fourth-order valence-corrected chi connectivity index (χ4v) is 0.785. The van der Waals surface area contributed by atoms with E-state index in [9.17, 15) is 0 Å². The lowest BCUT2D eigenvalue weighted by Crippen LogP contribution is -2.26. The molecule has 2 nitrogen and oxygen atoms in total. The second-order valence-electron chi connectivity index (χ2n) is 1.56. The number of hydrogen-bond acceptors (Lipinski definition) is 2. The van der Waals surface area contributed by atoms with Gasteiger partial charge in [-0.2, -0.15) is 0 Å². The zero-order valence-corrected chi connectivity index (χ0v) is 5.85. The van der Waals surface area contributed by atoms with Crippen molar-refractivity contribution in [3.05, 3.63) is 24.0 Å². The molecule has 8 heavy (non-hydrogen) atoms. The summed E-state index contributed by atoms with van der Waals surface area (Å²) in [6.07, 6.45) is 5.57. The molecule has 0 amide bonds. The van der Waals surface area contributed by atoms with E-state index in [1.807, 2.05) is 18.4 Å². The lowest BCUT2D eigenvalue weighted by Gasteiger charge is -2.12. The van der Waals surface area contributed by atoms with E-state index in [0.717, 1.165) is 5.70 Å². The quantitative estimate of drug-likeness (QED) is 0.419. The summed E-state index contributed by atoms with van der Waals surface area (Å²) < 4.78 is 0. The molecule has 0 radical (unpaired) electrons. The van der Waals surface area contributed by atoms with Crippen molar-refractivity contribution in [1.29, 1.82) is 0 Å². The minimum absolute atomic E-state index is 0.118. The monoisotopic (exact) mass is 174 g/mol. The van der Waals surface area contributed by atoms with Gasteiger partial charge in [-0.25, -0.2) is 0 Å². The number of halogens is 1. The highest BCUT2D eigenvalue weighted by Gasteiger charge is 2.03. The zero-order valence-electron chi connectivity index (χ0n) is 4.26. The molecule has 1 unspecified atom stereocenters. The van der Waals surface area contributed by atoms with Crippen LogP contribution in [0.3, 0.4) is 0 Å². The Morgan fingerprint density at radius 3 is 2.88 bits per heavy atom. The summed E-state index contributed by atoms with van der Waals surface area (Å²) in [7, 11) is 0. The molecule has 44 valence electrons. The van der Waals surface area contributed by atoms with Gasteiger partial charge in [-0.1, -0.05) is 15.9 Å². The smallest absolute Gasteiger partial charge is 0.121 e. The molecule has 1 aliphatic rings. The number of nitrogens with one attached hydrogen (secondary N) is 1. The summed E-state index contributed by atoms with van der Waals surface area (Å²) in [6.45, 7) is 0. The molecule has 0 aromatic rings. The van der Waals surface area contributed by atoms with Gasteiger partial charge in [0.15, 0.2) is 0 Å². The van der Waals surface area contributed by atoms with Crippen LogP contribution in [0, 0.1) is 0 Å². The van der Waals surface area contributed by atoms with Gasteiger partial charge in [0.05, 0.1) is 0 Å². The lowest BCUT2D eigenvalue weighted by atomic mass is 10.3. The highest BCUT2D eigenvalue weighted by Crippen LogP contribution is 2.06. The summed E-state index contributed by atoms with van der Waals surface area (Å²) in [5.41, 5.74) is 6.29.